The smallest absolute Gasteiger partial charge is 0.305 e. The van der Waals surface area contributed by atoms with E-state index >= 15 is 0 Å². The molecule has 1 aliphatic rings. The molecule has 0 spiro atoms. The van der Waals surface area contributed by atoms with E-state index in [2.05, 4.69) is 29.8 Å². The van der Waals surface area contributed by atoms with E-state index in [0.29, 0.717) is 19.4 Å². The molecule has 0 bridgehead atoms. The van der Waals surface area contributed by atoms with Crippen molar-refractivity contribution in [2.45, 2.75) is 12.8 Å². The summed E-state index contributed by atoms with van der Waals surface area (Å²) in [5.74, 6) is 0.572. The van der Waals surface area contributed by atoms with Crippen LogP contribution in [0.1, 0.15) is 12.8 Å². The van der Waals surface area contributed by atoms with E-state index in [4.69, 9.17) is 12.2 Å². The van der Waals surface area contributed by atoms with Crippen molar-refractivity contribution >= 4 is 29.2 Å². The Balaban J connectivity index is 1.68. The van der Waals surface area contributed by atoms with Gasteiger partial charge < -0.3 is 19.9 Å². The van der Waals surface area contributed by atoms with Gasteiger partial charge in [0.2, 0.25) is 5.95 Å². The van der Waals surface area contributed by atoms with Gasteiger partial charge in [-0.25, -0.2) is 9.97 Å². The second-order valence-electron chi connectivity index (χ2n) is 4.93. The maximum atomic E-state index is 11.0. The van der Waals surface area contributed by atoms with Gasteiger partial charge in [-0.1, -0.05) is 0 Å². The van der Waals surface area contributed by atoms with Crippen LogP contribution in [-0.4, -0.2) is 65.8 Å². The van der Waals surface area contributed by atoms with Crippen molar-refractivity contribution < 1.29 is 9.53 Å². The van der Waals surface area contributed by atoms with Crippen molar-refractivity contribution in [2.75, 3.05) is 44.7 Å². The minimum Gasteiger partial charge on any atom is -0.469 e. The van der Waals surface area contributed by atoms with E-state index < -0.39 is 0 Å². The van der Waals surface area contributed by atoms with Crippen molar-refractivity contribution in [3.8, 4) is 0 Å². The van der Waals surface area contributed by atoms with Crippen LogP contribution in [0.2, 0.25) is 0 Å². The second-order valence-corrected chi connectivity index (χ2v) is 5.32. The van der Waals surface area contributed by atoms with E-state index in [1.54, 1.807) is 12.4 Å². The van der Waals surface area contributed by atoms with Crippen LogP contribution in [0.5, 0.6) is 0 Å². The number of carbonyl (C=O) groups is 1. The number of esters is 1. The monoisotopic (exact) mass is 323 g/mol. The summed E-state index contributed by atoms with van der Waals surface area (Å²) in [5.41, 5.74) is 0. The largest absolute Gasteiger partial charge is 0.469 e. The predicted octanol–water partition coefficient (Wildman–Crippen LogP) is 0.426. The first-order valence-electron chi connectivity index (χ1n) is 7.32. The van der Waals surface area contributed by atoms with Gasteiger partial charge in [-0.15, -0.1) is 0 Å². The number of nitrogens with zero attached hydrogens (tertiary/aromatic N) is 4. The Bertz CT molecular complexity index is 491. The van der Waals surface area contributed by atoms with Gasteiger partial charge in [-0.05, 0) is 24.7 Å². The number of aromatic nitrogens is 2. The van der Waals surface area contributed by atoms with Crippen LogP contribution >= 0.6 is 12.2 Å². The van der Waals surface area contributed by atoms with Crippen molar-refractivity contribution in [3.05, 3.63) is 18.5 Å². The summed E-state index contributed by atoms with van der Waals surface area (Å²) in [7, 11) is 1.40. The van der Waals surface area contributed by atoms with Crippen LogP contribution in [0.4, 0.5) is 5.95 Å². The highest BCUT2D eigenvalue weighted by molar-refractivity contribution is 7.80. The van der Waals surface area contributed by atoms with Crippen molar-refractivity contribution in [1.29, 1.82) is 0 Å². The van der Waals surface area contributed by atoms with Gasteiger partial charge in [0, 0.05) is 51.5 Å². The standard InChI is InChI=1S/C14H21N5O2S/c1-21-12(20)4-2-5-17-14(22)19-10-8-18(9-11-19)13-15-6-3-7-16-13/h3,6-7H,2,4-5,8-11H2,1H3,(H,17,22). The maximum absolute atomic E-state index is 11.0. The summed E-state index contributed by atoms with van der Waals surface area (Å²) in [6, 6.07) is 1.81. The van der Waals surface area contributed by atoms with Crippen molar-refractivity contribution in [3.63, 3.8) is 0 Å². The summed E-state index contributed by atoms with van der Waals surface area (Å²) >= 11 is 5.39. The molecule has 0 aromatic carbocycles. The molecule has 7 nitrogen and oxygen atoms in total. The number of piperazine rings is 1. The minimum absolute atomic E-state index is 0.191. The number of rotatable bonds is 5. The molecular formula is C14H21N5O2S. The zero-order valence-corrected chi connectivity index (χ0v) is 13.5. The van der Waals surface area contributed by atoms with E-state index in [-0.39, 0.29) is 5.97 Å². The van der Waals surface area contributed by atoms with Crippen LogP contribution in [0, 0.1) is 0 Å². The van der Waals surface area contributed by atoms with Crippen LogP contribution in [0.3, 0.4) is 0 Å². The van der Waals surface area contributed by atoms with E-state index in [0.717, 1.165) is 37.2 Å². The highest BCUT2D eigenvalue weighted by Gasteiger charge is 2.20. The lowest BCUT2D eigenvalue weighted by atomic mass is 10.3. The van der Waals surface area contributed by atoms with Gasteiger partial charge in [-0.3, -0.25) is 4.79 Å². The Kier molecular flexibility index (Phi) is 6.32. The Morgan fingerprint density at radius 2 is 2.00 bits per heavy atom. The van der Waals surface area contributed by atoms with Gasteiger partial charge in [0.1, 0.15) is 0 Å². The Hall–Kier alpha value is -1.96. The number of methoxy groups -OCH3 is 1. The number of carbonyl (C=O) groups excluding carboxylic acids is 1. The number of hydrogen-bond donors (Lipinski definition) is 1. The molecule has 1 aliphatic heterocycles. The van der Waals surface area contributed by atoms with Crippen LogP contribution in [0.25, 0.3) is 0 Å². The Morgan fingerprint density at radius 1 is 1.32 bits per heavy atom. The van der Waals surface area contributed by atoms with Crippen LogP contribution in [0.15, 0.2) is 18.5 Å². The molecule has 1 saturated heterocycles. The summed E-state index contributed by atoms with van der Waals surface area (Å²) in [6.45, 7) is 4.03. The van der Waals surface area contributed by atoms with E-state index in [1.165, 1.54) is 7.11 Å². The molecule has 2 heterocycles. The topological polar surface area (TPSA) is 70.6 Å². The molecule has 0 unspecified atom stereocenters. The molecule has 0 aliphatic carbocycles. The summed E-state index contributed by atoms with van der Waals surface area (Å²) in [6.07, 6.45) is 4.63. The maximum Gasteiger partial charge on any atom is 0.305 e. The van der Waals surface area contributed by atoms with E-state index in [9.17, 15) is 4.79 Å². The lowest BCUT2D eigenvalue weighted by Crippen LogP contribution is -2.52. The third-order valence-corrected chi connectivity index (χ3v) is 3.87. The molecule has 0 atom stereocenters. The average molecular weight is 323 g/mol. The SMILES string of the molecule is COC(=O)CCCNC(=S)N1CCN(c2ncccn2)CC1. The normalized spacial score (nSPS) is 14.6. The Labute approximate surface area is 135 Å². The summed E-state index contributed by atoms with van der Waals surface area (Å²) < 4.78 is 4.60. The molecule has 1 fully saturated rings. The minimum atomic E-state index is -0.191. The van der Waals surface area contributed by atoms with Gasteiger partial charge >= 0.3 is 5.97 Å². The average Bonchev–Trinajstić information content (AvgIpc) is 2.59. The quantitative estimate of drug-likeness (QED) is 0.475. The molecule has 1 aromatic heterocycles. The molecule has 8 heteroatoms. The number of nitrogens with one attached hydrogen (secondary N) is 1. The third-order valence-electron chi connectivity index (χ3n) is 3.46. The fourth-order valence-electron chi connectivity index (χ4n) is 2.21. The lowest BCUT2D eigenvalue weighted by Gasteiger charge is -2.36. The van der Waals surface area contributed by atoms with Crippen LogP contribution < -0.4 is 10.2 Å². The van der Waals surface area contributed by atoms with Gasteiger partial charge in [0.15, 0.2) is 5.11 Å². The van der Waals surface area contributed by atoms with Gasteiger partial charge in [-0.2, -0.15) is 0 Å². The van der Waals surface area contributed by atoms with Gasteiger partial charge in [0.25, 0.3) is 0 Å². The number of anilines is 1. The number of ether oxygens (including phenoxy) is 1. The molecule has 0 radical (unpaired) electrons. The third kappa shape index (κ3) is 4.80. The Morgan fingerprint density at radius 3 is 2.64 bits per heavy atom. The molecule has 120 valence electrons. The fourth-order valence-corrected chi connectivity index (χ4v) is 2.49. The summed E-state index contributed by atoms with van der Waals surface area (Å²) in [4.78, 5) is 23.8. The molecule has 1 aromatic rings. The fraction of sp³-hybridized carbons (Fsp3) is 0.571. The van der Waals surface area contributed by atoms with Gasteiger partial charge in [0.05, 0.1) is 7.11 Å². The summed E-state index contributed by atoms with van der Waals surface area (Å²) in [5, 5.41) is 3.92. The molecule has 2 rings (SSSR count). The first-order valence-corrected chi connectivity index (χ1v) is 7.73. The number of hydrogen-bond acceptors (Lipinski definition) is 6. The molecule has 22 heavy (non-hydrogen) atoms. The van der Waals surface area contributed by atoms with E-state index in [1.807, 2.05) is 6.07 Å². The van der Waals surface area contributed by atoms with Crippen LogP contribution in [-0.2, 0) is 9.53 Å². The van der Waals surface area contributed by atoms with Crippen molar-refractivity contribution in [1.82, 2.24) is 20.2 Å². The lowest BCUT2D eigenvalue weighted by molar-refractivity contribution is -0.140. The molecule has 0 amide bonds. The number of thiocarbonyl (C=S) groups is 1. The zero-order valence-electron chi connectivity index (χ0n) is 12.7. The second kappa shape index (κ2) is 8.47. The molecule has 1 N–H and O–H groups in total. The van der Waals surface area contributed by atoms with Crippen molar-refractivity contribution in [2.24, 2.45) is 0 Å². The highest BCUT2D eigenvalue weighted by Crippen LogP contribution is 2.09. The molecule has 0 saturated carbocycles. The first kappa shape index (κ1) is 16.4. The molecular weight excluding hydrogens is 302 g/mol. The predicted molar refractivity (Wildman–Crippen MR) is 87.7 cm³/mol. The first-order chi connectivity index (χ1) is 10.7. The zero-order chi connectivity index (χ0) is 15.8. The highest BCUT2D eigenvalue weighted by atomic mass is 32.1.